The van der Waals surface area contributed by atoms with Gasteiger partial charge >= 0.3 is 0 Å². The van der Waals surface area contributed by atoms with Crippen molar-refractivity contribution in [2.45, 2.75) is 19.3 Å². The molecular weight excluding hydrogens is 340 g/mol. The van der Waals surface area contributed by atoms with Crippen LogP contribution >= 0.6 is 0 Å². The van der Waals surface area contributed by atoms with E-state index in [0.717, 1.165) is 46.6 Å². The van der Waals surface area contributed by atoms with Crippen LogP contribution in [0.3, 0.4) is 0 Å². The molecule has 3 aromatic rings. The number of phenolic OH excluding ortho intramolecular Hbond substituents is 2. The lowest BCUT2D eigenvalue weighted by Gasteiger charge is -2.16. The van der Waals surface area contributed by atoms with Gasteiger partial charge < -0.3 is 19.7 Å². The van der Waals surface area contributed by atoms with Gasteiger partial charge in [-0.2, -0.15) is 0 Å². The summed E-state index contributed by atoms with van der Waals surface area (Å²) in [6.07, 6.45) is 2.29. The fraction of sp³-hybridized carbons (Fsp3) is 0.217. The van der Waals surface area contributed by atoms with E-state index in [1.54, 1.807) is 38.5 Å². The van der Waals surface area contributed by atoms with Crippen molar-refractivity contribution in [3.63, 3.8) is 0 Å². The fourth-order valence-electron chi connectivity index (χ4n) is 3.21. The monoisotopic (exact) mass is 364 g/mol. The SMILES string of the molecule is COc1cc(CCc2cccc(O)c2)c(Cc2ccc(O)cc2)c(OC)c1. The van der Waals surface area contributed by atoms with E-state index in [0.29, 0.717) is 6.42 Å². The Morgan fingerprint density at radius 3 is 2.19 bits per heavy atom. The first-order valence-corrected chi connectivity index (χ1v) is 8.88. The first kappa shape index (κ1) is 18.6. The molecule has 2 N–H and O–H groups in total. The summed E-state index contributed by atoms with van der Waals surface area (Å²) in [6, 6.07) is 18.5. The van der Waals surface area contributed by atoms with E-state index in [1.165, 1.54) is 0 Å². The van der Waals surface area contributed by atoms with Gasteiger partial charge in [0.2, 0.25) is 0 Å². The second-order valence-corrected chi connectivity index (χ2v) is 6.48. The van der Waals surface area contributed by atoms with E-state index in [-0.39, 0.29) is 11.5 Å². The maximum atomic E-state index is 9.69. The van der Waals surface area contributed by atoms with Crippen LogP contribution in [0.2, 0.25) is 0 Å². The Balaban J connectivity index is 1.92. The second-order valence-electron chi connectivity index (χ2n) is 6.48. The summed E-state index contributed by atoms with van der Waals surface area (Å²) in [6.45, 7) is 0. The second kappa shape index (κ2) is 8.49. The van der Waals surface area contributed by atoms with Crippen LogP contribution in [0.25, 0.3) is 0 Å². The number of aromatic hydroxyl groups is 2. The van der Waals surface area contributed by atoms with Crippen LogP contribution in [-0.2, 0) is 19.3 Å². The molecule has 0 aliphatic heterocycles. The van der Waals surface area contributed by atoms with Crippen LogP contribution < -0.4 is 9.47 Å². The highest BCUT2D eigenvalue weighted by Gasteiger charge is 2.13. The number of benzene rings is 3. The molecule has 0 aliphatic rings. The molecular formula is C23H24O4. The molecule has 140 valence electrons. The van der Waals surface area contributed by atoms with Crippen molar-refractivity contribution in [2.24, 2.45) is 0 Å². The third-order valence-corrected chi connectivity index (χ3v) is 4.64. The maximum Gasteiger partial charge on any atom is 0.126 e. The van der Waals surface area contributed by atoms with Crippen molar-refractivity contribution in [3.05, 3.63) is 82.9 Å². The van der Waals surface area contributed by atoms with Gasteiger partial charge in [0.15, 0.2) is 0 Å². The molecule has 0 radical (unpaired) electrons. The van der Waals surface area contributed by atoms with Crippen molar-refractivity contribution in [1.29, 1.82) is 0 Å². The highest BCUT2D eigenvalue weighted by atomic mass is 16.5. The van der Waals surface area contributed by atoms with Gasteiger partial charge in [-0.1, -0.05) is 24.3 Å². The lowest BCUT2D eigenvalue weighted by molar-refractivity contribution is 0.390. The van der Waals surface area contributed by atoms with Crippen LogP contribution in [0.4, 0.5) is 0 Å². The number of phenols is 2. The highest BCUT2D eigenvalue weighted by Crippen LogP contribution is 2.32. The molecule has 0 aliphatic carbocycles. The van der Waals surface area contributed by atoms with Gasteiger partial charge in [0.05, 0.1) is 14.2 Å². The Morgan fingerprint density at radius 1 is 0.741 bits per heavy atom. The van der Waals surface area contributed by atoms with E-state index < -0.39 is 0 Å². The van der Waals surface area contributed by atoms with Crippen LogP contribution in [0.1, 0.15) is 22.3 Å². The molecule has 0 fully saturated rings. The summed E-state index contributed by atoms with van der Waals surface area (Å²) in [5, 5.41) is 19.2. The van der Waals surface area contributed by atoms with Crippen LogP contribution in [-0.4, -0.2) is 24.4 Å². The molecule has 4 heteroatoms. The average molecular weight is 364 g/mol. The Bertz CT molecular complexity index is 901. The lowest BCUT2D eigenvalue weighted by Crippen LogP contribution is -2.03. The Labute approximate surface area is 159 Å². The minimum atomic E-state index is 0.254. The summed E-state index contributed by atoms with van der Waals surface area (Å²) in [5.41, 5.74) is 4.41. The zero-order valence-electron chi connectivity index (χ0n) is 15.6. The molecule has 0 heterocycles. The molecule has 0 bridgehead atoms. The number of hydrogen-bond donors (Lipinski definition) is 2. The number of hydrogen-bond acceptors (Lipinski definition) is 4. The molecule has 0 spiro atoms. The van der Waals surface area contributed by atoms with Gasteiger partial charge in [0.1, 0.15) is 23.0 Å². The fourth-order valence-corrected chi connectivity index (χ4v) is 3.21. The van der Waals surface area contributed by atoms with Crippen LogP contribution in [0, 0.1) is 0 Å². The van der Waals surface area contributed by atoms with Crippen molar-refractivity contribution in [2.75, 3.05) is 14.2 Å². The van der Waals surface area contributed by atoms with Gasteiger partial charge in [-0.15, -0.1) is 0 Å². The van der Waals surface area contributed by atoms with Gasteiger partial charge in [0.25, 0.3) is 0 Å². The van der Waals surface area contributed by atoms with Crippen molar-refractivity contribution in [1.82, 2.24) is 0 Å². The van der Waals surface area contributed by atoms with Crippen molar-refractivity contribution >= 4 is 0 Å². The number of aryl methyl sites for hydroxylation is 2. The maximum absolute atomic E-state index is 9.69. The zero-order chi connectivity index (χ0) is 19.2. The zero-order valence-corrected chi connectivity index (χ0v) is 15.6. The van der Waals surface area contributed by atoms with E-state index in [2.05, 4.69) is 0 Å². The third-order valence-electron chi connectivity index (χ3n) is 4.64. The molecule has 0 amide bonds. The van der Waals surface area contributed by atoms with Crippen molar-refractivity contribution < 1.29 is 19.7 Å². The standard InChI is InChI=1S/C23H24O4/c1-26-21-14-18(9-6-16-4-3-5-20(25)12-16)22(23(15-21)27-2)13-17-7-10-19(24)11-8-17/h3-5,7-8,10-12,14-15,24-25H,6,9,13H2,1-2H3. The molecule has 0 saturated heterocycles. The van der Waals surface area contributed by atoms with E-state index in [4.69, 9.17) is 9.47 Å². The van der Waals surface area contributed by atoms with Crippen LogP contribution in [0.15, 0.2) is 60.7 Å². The lowest BCUT2D eigenvalue weighted by atomic mass is 9.94. The summed E-state index contributed by atoms with van der Waals surface area (Å²) in [7, 11) is 3.31. The van der Waals surface area contributed by atoms with Gasteiger partial charge in [-0.3, -0.25) is 0 Å². The molecule has 0 atom stereocenters. The summed E-state index contributed by atoms with van der Waals surface area (Å²) >= 11 is 0. The molecule has 3 aromatic carbocycles. The first-order chi connectivity index (χ1) is 13.1. The predicted molar refractivity (Wildman–Crippen MR) is 106 cm³/mol. The van der Waals surface area contributed by atoms with E-state index in [9.17, 15) is 10.2 Å². The molecule has 3 rings (SSSR count). The molecule has 0 aromatic heterocycles. The Hall–Kier alpha value is -3.14. The minimum absolute atomic E-state index is 0.254. The molecule has 4 nitrogen and oxygen atoms in total. The smallest absolute Gasteiger partial charge is 0.126 e. The molecule has 27 heavy (non-hydrogen) atoms. The van der Waals surface area contributed by atoms with Gasteiger partial charge in [-0.25, -0.2) is 0 Å². The van der Waals surface area contributed by atoms with Gasteiger partial charge in [-0.05, 0) is 59.9 Å². The van der Waals surface area contributed by atoms with Gasteiger partial charge in [0, 0.05) is 18.1 Å². The number of methoxy groups -OCH3 is 2. The third kappa shape index (κ3) is 4.73. The Morgan fingerprint density at radius 2 is 1.52 bits per heavy atom. The summed E-state index contributed by atoms with van der Waals surface area (Å²) in [4.78, 5) is 0. The van der Waals surface area contributed by atoms with E-state index in [1.807, 2.05) is 36.4 Å². The molecule has 0 unspecified atom stereocenters. The number of rotatable bonds is 7. The highest BCUT2D eigenvalue weighted by molar-refractivity contribution is 5.49. The summed E-state index contributed by atoms with van der Waals surface area (Å²) in [5.74, 6) is 2.07. The largest absolute Gasteiger partial charge is 0.508 e. The van der Waals surface area contributed by atoms with Crippen molar-refractivity contribution in [3.8, 4) is 23.0 Å². The summed E-state index contributed by atoms with van der Waals surface area (Å²) < 4.78 is 11.1. The predicted octanol–water partition coefficient (Wildman–Crippen LogP) is 4.49. The average Bonchev–Trinajstić information content (AvgIpc) is 2.68. The normalized spacial score (nSPS) is 10.6. The topological polar surface area (TPSA) is 58.9 Å². The minimum Gasteiger partial charge on any atom is -0.508 e. The quantitative estimate of drug-likeness (QED) is 0.648. The van der Waals surface area contributed by atoms with E-state index >= 15 is 0 Å². The van der Waals surface area contributed by atoms with Crippen LogP contribution in [0.5, 0.6) is 23.0 Å². The Kier molecular flexibility index (Phi) is 5.87. The molecule has 0 saturated carbocycles. The number of ether oxygens (including phenoxy) is 2. The first-order valence-electron chi connectivity index (χ1n) is 8.88.